The number of halogens is 6. The van der Waals surface area contributed by atoms with E-state index < -0.39 is 41.1 Å². The predicted molar refractivity (Wildman–Crippen MR) is 56.6 cm³/mol. The van der Waals surface area contributed by atoms with Crippen LogP contribution in [0.2, 0.25) is 0 Å². The largest absolute Gasteiger partial charge is 0.573 e. The van der Waals surface area contributed by atoms with Gasteiger partial charge in [-0.15, -0.1) is 13.2 Å². The first kappa shape index (κ1) is 17.1. The van der Waals surface area contributed by atoms with Gasteiger partial charge in [0.25, 0.3) is 0 Å². The summed E-state index contributed by atoms with van der Waals surface area (Å²) in [5, 5.41) is 0. The molecule has 0 saturated heterocycles. The number of ether oxygens (including phenoxy) is 2. The molecule has 1 heterocycles. The molecule has 118 valence electrons. The Kier molecular flexibility index (Phi) is 4.69. The Labute approximate surface area is 114 Å². The van der Waals surface area contributed by atoms with Crippen molar-refractivity contribution in [3.8, 4) is 5.75 Å². The Morgan fingerprint density at radius 1 is 1.24 bits per heavy atom. The van der Waals surface area contributed by atoms with Gasteiger partial charge in [0, 0.05) is 0 Å². The molecule has 0 N–H and O–H groups in total. The van der Waals surface area contributed by atoms with E-state index in [2.05, 4.69) is 14.5 Å². The number of rotatable bonds is 3. The van der Waals surface area contributed by atoms with Crippen molar-refractivity contribution in [2.75, 3.05) is 6.61 Å². The fraction of sp³-hybridized carbons (Fsp3) is 0.455. The second-order valence-corrected chi connectivity index (χ2v) is 3.72. The molecule has 0 fully saturated rings. The summed E-state index contributed by atoms with van der Waals surface area (Å²) in [4.78, 5) is 14.9. The van der Waals surface area contributed by atoms with Crippen LogP contribution in [0.25, 0.3) is 0 Å². The molecule has 1 rings (SSSR count). The van der Waals surface area contributed by atoms with Crippen LogP contribution in [0.4, 0.5) is 26.3 Å². The molecule has 21 heavy (non-hydrogen) atoms. The van der Waals surface area contributed by atoms with Gasteiger partial charge in [-0.05, 0) is 13.8 Å². The zero-order valence-electron chi connectivity index (χ0n) is 10.7. The summed E-state index contributed by atoms with van der Waals surface area (Å²) in [6, 6.07) is 0. The Morgan fingerprint density at radius 2 is 1.81 bits per heavy atom. The molecule has 0 atom stereocenters. The molecule has 0 amide bonds. The third kappa shape index (κ3) is 4.23. The van der Waals surface area contributed by atoms with Crippen LogP contribution in [0.1, 0.15) is 28.5 Å². The van der Waals surface area contributed by atoms with Crippen molar-refractivity contribution in [1.82, 2.24) is 4.98 Å². The van der Waals surface area contributed by atoms with E-state index in [-0.39, 0.29) is 12.8 Å². The molecular formula is C11H9F6NO3. The molecule has 0 aliphatic carbocycles. The third-order valence-corrected chi connectivity index (χ3v) is 2.22. The van der Waals surface area contributed by atoms with Crippen LogP contribution in [0, 0.1) is 6.92 Å². The maximum Gasteiger partial charge on any atom is 0.573 e. The summed E-state index contributed by atoms with van der Waals surface area (Å²) < 4.78 is 83.1. The molecule has 0 aromatic carbocycles. The highest BCUT2D eigenvalue weighted by atomic mass is 19.4. The highest BCUT2D eigenvalue weighted by Crippen LogP contribution is 2.41. The number of pyridine rings is 1. The van der Waals surface area contributed by atoms with E-state index in [1.54, 1.807) is 0 Å². The molecule has 0 bridgehead atoms. The molecule has 0 radical (unpaired) electrons. The van der Waals surface area contributed by atoms with E-state index in [1.165, 1.54) is 6.92 Å². The van der Waals surface area contributed by atoms with Crippen LogP contribution in [-0.2, 0) is 10.9 Å². The molecule has 0 unspecified atom stereocenters. The SMILES string of the molecule is CCOC(=O)c1c(C)ncc(OC(F)(F)F)c1C(F)(F)F. The van der Waals surface area contributed by atoms with Gasteiger partial charge in [-0.3, -0.25) is 4.98 Å². The molecule has 0 saturated carbocycles. The van der Waals surface area contributed by atoms with Crippen LogP contribution in [0.15, 0.2) is 6.20 Å². The summed E-state index contributed by atoms with van der Waals surface area (Å²) in [7, 11) is 0. The lowest BCUT2D eigenvalue weighted by atomic mass is 10.1. The van der Waals surface area contributed by atoms with Crippen molar-refractivity contribution in [1.29, 1.82) is 0 Å². The number of alkyl halides is 6. The van der Waals surface area contributed by atoms with Gasteiger partial charge in [-0.2, -0.15) is 13.2 Å². The van der Waals surface area contributed by atoms with E-state index in [0.717, 1.165) is 6.92 Å². The molecule has 0 aliphatic heterocycles. The maximum atomic E-state index is 13.0. The maximum absolute atomic E-state index is 13.0. The van der Waals surface area contributed by atoms with E-state index >= 15 is 0 Å². The van der Waals surface area contributed by atoms with Gasteiger partial charge in [0.2, 0.25) is 0 Å². The summed E-state index contributed by atoms with van der Waals surface area (Å²) in [5.41, 5.74) is -3.40. The van der Waals surface area contributed by atoms with Crippen LogP contribution >= 0.6 is 0 Å². The number of hydrogen-bond donors (Lipinski definition) is 0. The Bertz CT molecular complexity index is 538. The number of carbonyl (C=O) groups is 1. The second-order valence-electron chi connectivity index (χ2n) is 3.72. The van der Waals surface area contributed by atoms with Gasteiger partial charge in [0.05, 0.1) is 24.1 Å². The van der Waals surface area contributed by atoms with Crippen molar-refractivity contribution >= 4 is 5.97 Å². The van der Waals surface area contributed by atoms with Gasteiger partial charge in [-0.25, -0.2) is 4.79 Å². The lowest BCUT2D eigenvalue weighted by Crippen LogP contribution is -2.24. The van der Waals surface area contributed by atoms with Crippen LogP contribution in [0.5, 0.6) is 5.75 Å². The standard InChI is InChI=1S/C11H9F6NO3/c1-3-20-9(19)7-5(2)18-4-6(21-11(15,16)17)8(7)10(12,13)14/h4H,3H2,1-2H3. The van der Waals surface area contributed by atoms with Crippen molar-refractivity contribution < 1.29 is 40.6 Å². The predicted octanol–water partition coefficient (Wildman–Crippen LogP) is 3.48. The number of aryl methyl sites for hydroxylation is 1. The highest BCUT2D eigenvalue weighted by Gasteiger charge is 2.44. The summed E-state index contributed by atoms with van der Waals surface area (Å²) >= 11 is 0. The Hall–Kier alpha value is -2.00. The van der Waals surface area contributed by atoms with Crippen molar-refractivity contribution in [2.24, 2.45) is 0 Å². The minimum atomic E-state index is -5.36. The zero-order valence-corrected chi connectivity index (χ0v) is 10.7. The van der Waals surface area contributed by atoms with E-state index in [9.17, 15) is 31.1 Å². The monoisotopic (exact) mass is 317 g/mol. The Balaban J connectivity index is 3.54. The molecule has 1 aromatic heterocycles. The lowest BCUT2D eigenvalue weighted by Gasteiger charge is -2.18. The van der Waals surface area contributed by atoms with E-state index in [0.29, 0.717) is 0 Å². The number of hydrogen-bond acceptors (Lipinski definition) is 4. The van der Waals surface area contributed by atoms with Gasteiger partial charge in [-0.1, -0.05) is 0 Å². The molecule has 0 aliphatic rings. The average Bonchev–Trinajstić information content (AvgIpc) is 2.27. The molecule has 0 spiro atoms. The Morgan fingerprint density at radius 3 is 2.24 bits per heavy atom. The molecule has 1 aromatic rings. The number of carbonyl (C=O) groups excluding carboxylic acids is 1. The first-order valence-corrected chi connectivity index (χ1v) is 5.47. The zero-order chi connectivity index (χ0) is 16.4. The van der Waals surface area contributed by atoms with E-state index in [1.807, 2.05) is 0 Å². The van der Waals surface area contributed by atoms with Crippen LogP contribution in [0.3, 0.4) is 0 Å². The highest BCUT2D eigenvalue weighted by molar-refractivity contribution is 5.93. The molecule has 4 nitrogen and oxygen atoms in total. The number of aromatic nitrogens is 1. The minimum absolute atomic E-state index is 0.250. The first-order valence-electron chi connectivity index (χ1n) is 5.47. The average molecular weight is 317 g/mol. The van der Waals surface area contributed by atoms with Crippen molar-refractivity contribution in [3.63, 3.8) is 0 Å². The fourth-order valence-electron chi connectivity index (χ4n) is 1.53. The smallest absolute Gasteiger partial charge is 0.462 e. The lowest BCUT2D eigenvalue weighted by molar-refractivity contribution is -0.276. The normalized spacial score (nSPS) is 12.2. The summed E-state index contributed by atoms with van der Waals surface area (Å²) in [5.74, 6) is -3.04. The van der Waals surface area contributed by atoms with Gasteiger partial charge in [0.15, 0.2) is 5.75 Å². The second kappa shape index (κ2) is 5.78. The molecule has 10 heteroatoms. The number of nitrogens with zero attached hydrogens (tertiary/aromatic N) is 1. The van der Waals surface area contributed by atoms with Gasteiger partial charge in [0.1, 0.15) is 5.56 Å². The van der Waals surface area contributed by atoms with E-state index in [4.69, 9.17) is 0 Å². The van der Waals surface area contributed by atoms with Gasteiger partial charge < -0.3 is 9.47 Å². The topological polar surface area (TPSA) is 48.4 Å². The van der Waals surface area contributed by atoms with Crippen molar-refractivity contribution in [2.45, 2.75) is 26.4 Å². The first-order chi connectivity index (χ1) is 9.47. The third-order valence-electron chi connectivity index (χ3n) is 2.22. The summed E-state index contributed by atoms with van der Waals surface area (Å²) in [6.07, 6.45) is -10.4. The van der Waals surface area contributed by atoms with Gasteiger partial charge >= 0.3 is 18.5 Å². The minimum Gasteiger partial charge on any atom is -0.462 e. The summed E-state index contributed by atoms with van der Waals surface area (Å²) in [6.45, 7) is 2.13. The van der Waals surface area contributed by atoms with Crippen LogP contribution in [-0.4, -0.2) is 23.9 Å². The fourth-order valence-corrected chi connectivity index (χ4v) is 1.53. The molecular weight excluding hydrogens is 308 g/mol. The van der Waals surface area contributed by atoms with Crippen LogP contribution < -0.4 is 4.74 Å². The van der Waals surface area contributed by atoms with Crippen molar-refractivity contribution in [3.05, 3.63) is 23.0 Å². The quantitative estimate of drug-likeness (QED) is 0.632. The number of esters is 1.